The highest BCUT2D eigenvalue weighted by Crippen LogP contribution is 2.10. The molecule has 0 aliphatic rings. The van der Waals surface area contributed by atoms with Gasteiger partial charge in [0.15, 0.2) is 0 Å². The molecular weight excluding hydrogens is 252 g/mol. The molecule has 0 aliphatic heterocycles. The molecule has 1 amide bonds. The molecule has 2 N–H and O–H groups in total. The summed E-state index contributed by atoms with van der Waals surface area (Å²) in [5, 5.41) is 2.61. The quantitative estimate of drug-likeness (QED) is 0.831. The molecule has 100 valence electrons. The average molecular weight is 270 g/mol. The Labute approximate surface area is 108 Å². The van der Waals surface area contributed by atoms with E-state index in [1.807, 2.05) is 26.8 Å². The molecule has 0 aliphatic carbocycles. The van der Waals surface area contributed by atoms with E-state index in [4.69, 9.17) is 0 Å². The Kier molecular flexibility index (Phi) is 4.86. The van der Waals surface area contributed by atoms with Crippen LogP contribution in [0, 0.1) is 6.92 Å². The minimum atomic E-state index is -3.62. The molecule has 1 rings (SSSR count). The maximum absolute atomic E-state index is 11.9. The summed E-state index contributed by atoms with van der Waals surface area (Å²) in [5.74, 6) is -0.346. The van der Waals surface area contributed by atoms with Gasteiger partial charge in [0.1, 0.15) is 0 Å². The summed E-state index contributed by atoms with van der Waals surface area (Å²) in [4.78, 5) is 11.5. The van der Waals surface area contributed by atoms with Gasteiger partial charge in [-0.15, -0.1) is 0 Å². The van der Waals surface area contributed by atoms with E-state index in [0.29, 0.717) is 0 Å². The Morgan fingerprint density at radius 2 is 2.00 bits per heavy atom. The summed E-state index contributed by atoms with van der Waals surface area (Å²) < 4.78 is 26.0. The highest BCUT2D eigenvalue weighted by molar-refractivity contribution is 7.89. The van der Waals surface area contributed by atoms with Crippen molar-refractivity contribution in [1.82, 2.24) is 10.0 Å². The third kappa shape index (κ3) is 4.46. The van der Waals surface area contributed by atoms with Crippen molar-refractivity contribution in [2.24, 2.45) is 0 Å². The molecule has 0 fully saturated rings. The van der Waals surface area contributed by atoms with Crippen LogP contribution < -0.4 is 10.0 Å². The lowest BCUT2D eigenvalue weighted by Crippen LogP contribution is -2.39. The fourth-order valence-corrected chi connectivity index (χ4v) is 2.49. The number of sulfonamides is 1. The van der Waals surface area contributed by atoms with Crippen molar-refractivity contribution in [1.29, 1.82) is 0 Å². The topological polar surface area (TPSA) is 75.3 Å². The predicted molar refractivity (Wildman–Crippen MR) is 69.6 cm³/mol. The molecule has 0 radical (unpaired) electrons. The minimum absolute atomic E-state index is 0.0130. The van der Waals surface area contributed by atoms with Crippen LogP contribution in [0.4, 0.5) is 0 Å². The first-order valence-corrected chi connectivity index (χ1v) is 7.15. The van der Waals surface area contributed by atoms with Crippen LogP contribution >= 0.6 is 0 Å². The first-order chi connectivity index (χ1) is 8.31. The maximum atomic E-state index is 11.9. The van der Waals surface area contributed by atoms with Crippen LogP contribution in [0.5, 0.6) is 0 Å². The number of nitrogens with one attached hydrogen (secondary N) is 2. The Balaban J connectivity index is 2.69. The summed E-state index contributed by atoms with van der Waals surface area (Å²) in [6.07, 6.45) is 0. The van der Waals surface area contributed by atoms with E-state index < -0.39 is 10.0 Å². The summed E-state index contributed by atoms with van der Waals surface area (Å²) in [5.41, 5.74) is 0.851. The standard InChI is InChI=1S/C12H18N2O3S/c1-9(2)14-12(15)8-13-18(16,17)11-6-4-5-10(3)7-11/h4-7,9,13H,8H2,1-3H3,(H,14,15). The van der Waals surface area contributed by atoms with Crippen molar-refractivity contribution in [2.45, 2.75) is 31.7 Å². The van der Waals surface area contributed by atoms with E-state index in [9.17, 15) is 13.2 Å². The lowest BCUT2D eigenvalue weighted by Gasteiger charge is -2.10. The fourth-order valence-electron chi connectivity index (χ4n) is 1.40. The normalized spacial score (nSPS) is 11.6. The minimum Gasteiger partial charge on any atom is -0.353 e. The third-order valence-corrected chi connectivity index (χ3v) is 3.57. The second kappa shape index (κ2) is 5.97. The van der Waals surface area contributed by atoms with Gasteiger partial charge in [-0.2, -0.15) is 0 Å². The maximum Gasteiger partial charge on any atom is 0.241 e. The monoisotopic (exact) mass is 270 g/mol. The van der Waals surface area contributed by atoms with Crippen LogP contribution in [0.25, 0.3) is 0 Å². The molecule has 18 heavy (non-hydrogen) atoms. The number of benzene rings is 1. The summed E-state index contributed by atoms with van der Waals surface area (Å²) in [7, 11) is -3.62. The van der Waals surface area contributed by atoms with E-state index in [1.54, 1.807) is 12.1 Å². The summed E-state index contributed by atoms with van der Waals surface area (Å²) >= 11 is 0. The van der Waals surface area contributed by atoms with Crippen molar-refractivity contribution < 1.29 is 13.2 Å². The van der Waals surface area contributed by atoms with Gasteiger partial charge < -0.3 is 5.32 Å². The molecule has 1 aromatic rings. The fraction of sp³-hybridized carbons (Fsp3) is 0.417. The van der Waals surface area contributed by atoms with Crippen molar-refractivity contribution >= 4 is 15.9 Å². The molecular formula is C12H18N2O3S. The van der Waals surface area contributed by atoms with Gasteiger partial charge >= 0.3 is 0 Å². The molecule has 5 nitrogen and oxygen atoms in total. The number of carbonyl (C=O) groups is 1. The molecule has 0 heterocycles. The van der Waals surface area contributed by atoms with Crippen molar-refractivity contribution in [2.75, 3.05) is 6.54 Å². The van der Waals surface area contributed by atoms with E-state index >= 15 is 0 Å². The molecule has 1 aromatic carbocycles. The Hall–Kier alpha value is -1.40. The Morgan fingerprint density at radius 1 is 1.33 bits per heavy atom. The van der Waals surface area contributed by atoms with Gasteiger partial charge in [-0.25, -0.2) is 13.1 Å². The molecule has 6 heteroatoms. The molecule has 0 saturated carbocycles. The number of hydrogen-bond acceptors (Lipinski definition) is 3. The number of hydrogen-bond donors (Lipinski definition) is 2. The zero-order chi connectivity index (χ0) is 13.8. The molecule has 0 unspecified atom stereocenters. The van der Waals surface area contributed by atoms with Crippen molar-refractivity contribution in [3.8, 4) is 0 Å². The Bertz CT molecular complexity index is 524. The van der Waals surface area contributed by atoms with Gasteiger partial charge in [-0.05, 0) is 38.5 Å². The number of amides is 1. The van der Waals surface area contributed by atoms with E-state index in [2.05, 4.69) is 10.0 Å². The highest BCUT2D eigenvalue weighted by Gasteiger charge is 2.15. The van der Waals surface area contributed by atoms with Gasteiger partial charge in [-0.3, -0.25) is 4.79 Å². The Morgan fingerprint density at radius 3 is 2.56 bits per heavy atom. The van der Waals surface area contributed by atoms with Crippen LogP contribution in [-0.2, 0) is 14.8 Å². The second-order valence-corrected chi connectivity index (χ2v) is 6.13. The predicted octanol–water partition coefficient (Wildman–Crippen LogP) is 0.798. The molecule has 0 atom stereocenters. The summed E-state index contributed by atoms with van der Waals surface area (Å²) in [6.45, 7) is 5.18. The van der Waals surface area contributed by atoms with Gasteiger partial charge in [-0.1, -0.05) is 12.1 Å². The molecule has 0 bridgehead atoms. The SMILES string of the molecule is Cc1cccc(S(=O)(=O)NCC(=O)NC(C)C)c1. The molecule has 0 aromatic heterocycles. The van der Waals surface area contributed by atoms with E-state index in [1.165, 1.54) is 6.07 Å². The highest BCUT2D eigenvalue weighted by atomic mass is 32.2. The van der Waals surface area contributed by atoms with Crippen molar-refractivity contribution in [3.63, 3.8) is 0 Å². The average Bonchev–Trinajstić information content (AvgIpc) is 2.26. The molecule has 0 spiro atoms. The first-order valence-electron chi connectivity index (χ1n) is 5.67. The van der Waals surface area contributed by atoms with Crippen LogP contribution in [-0.4, -0.2) is 26.9 Å². The van der Waals surface area contributed by atoms with Gasteiger partial charge in [0.2, 0.25) is 15.9 Å². The van der Waals surface area contributed by atoms with E-state index in [-0.39, 0.29) is 23.4 Å². The van der Waals surface area contributed by atoms with Crippen LogP contribution in [0.1, 0.15) is 19.4 Å². The summed E-state index contributed by atoms with van der Waals surface area (Å²) in [6, 6.07) is 6.52. The first kappa shape index (κ1) is 14.7. The molecule has 0 saturated heterocycles. The van der Waals surface area contributed by atoms with Crippen LogP contribution in [0.3, 0.4) is 0 Å². The van der Waals surface area contributed by atoms with E-state index in [0.717, 1.165) is 5.56 Å². The largest absolute Gasteiger partial charge is 0.353 e. The smallest absolute Gasteiger partial charge is 0.241 e. The van der Waals surface area contributed by atoms with Gasteiger partial charge in [0.05, 0.1) is 11.4 Å². The lowest BCUT2D eigenvalue weighted by molar-refractivity contribution is -0.120. The van der Waals surface area contributed by atoms with Gasteiger partial charge in [0, 0.05) is 6.04 Å². The third-order valence-electron chi connectivity index (χ3n) is 2.17. The van der Waals surface area contributed by atoms with Crippen molar-refractivity contribution in [3.05, 3.63) is 29.8 Å². The van der Waals surface area contributed by atoms with Crippen LogP contribution in [0.2, 0.25) is 0 Å². The lowest BCUT2D eigenvalue weighted by atomic mass is 10.2. The van der Waals surface area contributed by atoms with Crippen LogP contribution in [0.15, 0.2) is 29.2 Å². The van der Waals surface area contributed by atoms with Gasteiger partial charge in [0.25, 0.3) is 0 Å². The second-order valence-electron chi connectivity index (χ2n) is 4.36. The number of carbonyl (C=O) groups excluding carboxylic acids is 1. The number of rotatable bonds is 5. The zero-order valence-electron chi connectivity index (χ0n) is 10.7. The zero-order valence-corrected chi connectivity index (χ0v) is 11.5. The number of aryl methyl sites for hydroxylation is 1.